The lowest BCUT2D eigenvalue weighted by atomic mass is 10.1. The van der Waals surface area contributed by atoms with Crippen LogP contribution in [0.1, 0.15) is 23.6 Å². The molecule has 1 atom stereocenters. The second kappa shape index (κ2) is 7.18. The summed E-state index contributed by atoms with van der Waals surface area (Å²) in [6, 6.07) is 12.0. The number of aryl methyl sites for hydroxylation is 2. The number of ether oxygens (including phenoxy) is 2. The summed E-state index contributed by atoms with van der Waals surface area (Å²) in [5, 5.41) is 2.83. The van der Waals surface area contributed by atoms with Gasteiger partial charge in [0, 0.05) is 11.4 Å². The van der Waals surface area contributed by atoms with Crippen LogP contribution < -0.4 is 14.8 Å². The van der Waals surface area contributed by atoms with Crippen molar-refractivity contribution < 1.29 is 14.3 Å². The van der Waals surface area contributed by atoms with E-state index in [0.717, 1.165) is 22.0 Å². The molecule has 2 aromatic carbocycles. The highest BCUT2D eigenvalue weighted by molar-refractivity contribution is 8.00. The number of nitrogens with one attached hydrogen (secondary N) is 1. The molecule has 0 saturated heterocycles. The van der Waals surface area contributed by atoms with Crippen LogP contribution in [0.4, 0.5) is 0 Å². The molecule has 1 aliphatic rings. The molecule has 126 valence electrons. The van der Waals surface area contributed by atoms with Gasteiger partial charge in [-0.25, -0.2) is 0 Å². The van der Waals surface area contributed by atoms with Crippen LogP contribution in [0.3, 0.4) is 0 Å². The van der Waals surface area contributed by atoms with Crippen molar-refractivity contribution in [3.63, 3.8) is 0 Å². The Morgan fingerprint density at radius 2 is 1.92 bits per heavy atom. The van der Waals surface area contributed by atoms with Crippen molar-refractivity contribution in [3.05, 3.63) is 53.1 Å². The van der Waals surface area contributed by atoms with Crippen LogP contribution in [0.2, 0.25) is 0 Å². The highest BCUT2D eigenvalue weighted by atomic mass is 32.2. The fraction of sp³-hybridized carbons (Fsp3) is 0.316. The van der Waals surface area contributed by atoms with Crippen molar-refractivity contribution in [2.45, 2.75) is 37.5 Å². The molecule has 24 heavy (non-hydrogen) atoms. The molecular formula is C19H21NO3S. The molecule has 0 fully saturated rings. The van der Waals surface area contributed by atoms with Crippen molar-refractivity contribution in [2.24, 2.45) is 0 Å². The lowest BCUT2D eigenvalue weighted by Gasteiger charge is -2.13. The van der Waals surface area contributed by atoms with E-state index in [2.05, 4.69) is 37.4 Å². The van der Waals surface area contributed by atoms with Gasteiger partial charge < -0.3 is 14.8 Å². The second-order valence-corrected chi connectivity index (χ2v) is 7.33. The Balaban J connectivity index is 1.55. The van der Waals surface area contributed by atoms with E-state index in [4.69, 9.17) is 9.47 Å². The van der Waals surface area contributed by atoms with Crippen LogP contribution in [0.25, 0.3) is 0 Å². The van der Waals surface area contributed by atoms with Crippen molar-refractivity contribution >= 4 is 17.7 Å². The van der Waals surface area contributed by atoms with E-state index in [-0.39, 0.29) is 18.0 Å². The van der Waals surface area contributed by atoms with E-state index in [0.29, 0.717) is 6.54 Å². The Bertz CT molecular complexity index is 760. The summed E-state index contributed by atoms with van der Waals surface area (Å²) in [5.41, 5.74) is 3.50. The molecule has 0 aromatic heterocycles. The topological polar surface area (TPSA) is 47.6 Å². The Labute approximate surface area is 146 Å². The van der Waals surface area contributed by atoms with Gasteiger partial charge in [0.25, 0.3) is 0 Å². The van der Waals surface area contributed by atoms with Crippen LogP contribution in [0, 0.1) is 13.8 Å². The van der Waals surface area contributed by atoms with Crippen LogP contribution in [0.15, 0.2) is 41.3 Å². The number of rotatable bonds is 5. The van der Waals surface area contributed by atoms with Gasteiger partial charge in [0.15, 0.2) is 11.5 Å². The Kier molecular flexibility index (Phi) is 5.00. The number of amides is 1. The molecular weight excluding hydrogens is 322 g/mol. The number of fused-ring (bicyclic) bond motifs is 1. The van der Waals surface area contributed by atoms with E-state index in [9.17, 15) is 4.79 Å². The number of hydrogen-bond donors (Lipinski definition) is 1. The smallest absolute Gasteiger partial charge is 0.233 e. The molecule has 0 spiro atoms. The third kappa shape index (κ3) is 3.85. The van der Waals surface area contributed by atoms with Gasteiger partial charge in [0.1, 0.15) is 0 Å². The first-order valence-corrected chi connectivity index (χ1v) is 8.81. The molecule has 3 rings (SSSR count). The molecule has 5 heteroatoms. The van der Waals surface area contributed by atoms with E-state index in [1.54, 1.807) is 11.8 Å². The van der Waals surface area contributed by atoms with Crippen molar-refractivity contribution in [1.29, 1.82) is 0 Å². The summed E-state index contributed by atoms with van der Waals surface area (Å²) in [6.07, 6.45) is 0. The Morgan fingerprint density at radius 3 is 2.71 bits per heavy atom. The highest BCUT2D eigenvalue weighted by Gasteiger charge is 2.16. The number of carbonyl (C=O) groups excluding carboxylic acids is 1. The molecule has 1 amide bonds. The third-order valence-electron chi connectivity index (χ3n) is 4.06. The number of hydrogen-bond acceptors (Lipinski definition) is 4. The molecule has 0 unspecified atom stereocenters. The van der Waals surface area contributed by atoms with Crippen molar-refractivity contribution in [3.8, 4) is 11.5 Å². The average molecular weight is 343 g/mol. The fourth-order valence-corrected chi connectivity index (χ4v) is 3.42. The highest BCUT2D eigenvalue weighted by Crippen LogP contribution is 2.32. The van der Waals surface area contributed by atoms with E-state index in [1.165, 1.54) is 11.1 Å². The maximum Gasteiger partial charge on any atom is 0.233 e. The standard InChI is InChI=1S/C19H21NO3S/c1-12-4-6-16(8-13(12)2)24-14(3)19(21)20-10-15-5-7-17-18(9-15)23-11-22-17/h4-9,14H,10-11H2,1-3H3,(H,20,21)/t14-/m0/s1. The summed E-state index contributed by atoms with van der Waals surface area (Å²) < 4.78 is 10.6. The van der Waals surface area contributed by atoms with Gasteiger partial charge in [-0.1, -0.05) is 12.1 Å². The van der Waals surface area contributed by atoms with Crippen LogP contribution in [0.5, 0.6) is 11.5 Å². The molecule has 1 heterocycles. The maximum absolute atomic E-state index is 12.3. The number of benzene rings is 2. The summed E-state index contributed by atoms with van der Waals surface area (Å²) >= 11 is 1.57. The zero-order valence-corrected chi connectivity index (χ0v) is 14.9. The number of thioether (sulfide) groups is 1. The minimum Gasteiger partial charge on any atom is -0.454 e. The minimum atomic E-state index is -0.152. The average Bonchev–Trinajstić information content (AvgIpc) is 3.03. The van der Waals surface area contributed by atoms with Gasteiger partial charge in [-0.2, -0.15) is 0 Å². The maximum atomic E-state index is 12.3. The Hall–Kier alpha value is -2.14. The SMILES string of the molecule is Cc1ccc(S[C@@H](C)C(=O)NCc2ccc3c(c2)OCO3)cc1C. The van der Waals surface area contributed by atoms with E-state index >= 15 is 0 Å². The molecule has 0 saturated carbocycles. The monoisotopic (exact) mass is 343 g/mol. The lowest BCUT2D eigenvalue weighted by molar-refractivity contribution is -0.120. The van der Waals surface area contributed by atoms with Crippen LogP contribution in [-0.4, -0.2) is 18.0 Å². The van der Waals surface area contributed by atoms with Crippen LogP contribution >= 0.6 is 11.8 Å². The summed E-state index contributed by atoms with van der Waals surface area (Å²) in [7, 11) is 0. The molecule has 0 bridgehead atoms. The predicted molar refractivity (Wildman–Crippen MR) is 95.6 cm³/mol. The lowest BCUT2D eigenvalue weighted by Crippen LogP contribution is -2.30. The van der Waals surface area contributed by atoms with Gasteiger partial charge in [-0.05, 0) is 61.7 Å². The van der Waals surface area contributed by atoms with Crippen LogP contribution in [-0.2, 0) is 11.3 Å². The zero-order valence-electron chi connectivity index (χ0n) is 14.1. The largest absolute Gasteiger partial charge is 0.454 e. The molecule has 2 aromatic rings. The van der Waals surface area contributed by atoms with Gasteiger partial charge in [0.05, 0.1) is 5.25 Å². The molecule has 1 N–H and O–H groups in total. The first kappa shape index (κ1) is 16.7. The van der Waals surface area contributed by atoms with E-state index in [1.807, 2.05) is 25.1 Å². The Morgan fingerprint density at radius 1 is 1.12 bits per heavy atom. The number of carbonyl (C=O) groups is 1. The second-order valence-electron chi connectivity index (χ2n) is 5.91. The third-order valence-corrected chi connectivity index (χ3v) is 5.16. The zero-order chi connectivity index (χ0) is 17.1. The van der Waals surface area contributed by atoms with Gasteiger partial charge in [-0.15, -0.1) is 11.8 Å². The van der Waals surface area contributed by atoms with Gasteiger partial charge >= 0.3 is 0 Å². The molecule has 0 aliphatic carbocycles. The first-order valence-electron chi connectivity index (χ1n) is 7.93. The first-order chi connectivity index (χ1) is 11.5. The fourth-order valence-electron chi connectivity index (χ4n) is 2.43. The van der Waals surface area contributed by atoms with Crippen molar-refractivity contribution in [2.75, 3.05) is 6.79 Å². The quantitative estimate of drug-likeness (QED) is 0.838. The molecule has 4 nitrogen and oxygen atoms in total. The predicted octanol–water partition coefficient (Wildman–Crippen LogP) is 3.83. The normalized spacial score (nSPS) is 13.6. The minimum absolute atomic E-state index is 0.0240. The molecule has 1 aliphatic heterocycles. The summed E-state index contributed by atoms with van der Waals surface area (Å²) in [4.78, 5) is 13.4. The van der Waals surface area contributed by atoms with Crippen molar-refractivity contribution in [1.82, 2.24) is 5.32 Å². The van der Waals surface area contributed by atoms with Gasteiger partial charge in [-0.3, -0.25) is 4.79 Å². The summed E-state index contributed by atoms with van der Waals surface area (Å²) in [5.74, 6) is 1.51. The summed E-state index contributed by atoms with van der Waals surface area (Å²) in [6.45, 7) is 6.84. The van der Waals surface area contributed by atoms with Gasteiger partial charge in [0.2, 0.25) is 12.7 Å². The molecule has 0 radical (unpaired) electrons. The van der Waals surface area contributed by atoms with E-state index < -0.39 is 0 Å².